The Kier molecular flexibility index (Phi) is 5.37. The zero-order valence-corrected chi connectivity index (χ0v) is 16.5. The Labute approximate surface area is 149 Å². The van der Waals surface area contributed by atoms with Gasteiger partial charge in [0, 0.05) is 23.5 Å². The van der Waals surface area contributed by atoms with Crippen LogP contribution in [0.1, 0.15) is 26.3 Å². The molecule has 1 aromatic heterocycles. The molecule has 1 heterocycles. The molecule has 24 heavy (non-hydrogen) atoms. The summed E-state index contributed by atoms with van der Waals surface area (Å²) in [4.78, 5) is 4.24. The molecule has 1 aromatic carbocycles. The molecule has 6 heteroatoms. The molecule has 0 fully saturated rings. The summed E-state index contributed by atoms with van der Waals surface area (Å²) in [6.45, 7) is 11.5. The van der Waals surface area contributed by atoms with Gasteiger partial charge in [-0.05, 0) is 41.9 Å². The minimum Gasteiger partial charge on any atom is -0.413 e. The molecule has 0 saturated carbocycles. The fourth-order valence-corrected chi connectivity index (χ4v) is 3.22. The van der Waals surface area contributed by atoms with Gasteiger partial charge in [-0.1, -0.05) is 32.4 Å². The van der Waals surface area contributed by atoms with Crippen LogP contribution in [0, 0.1) is 5.82 Å². The number of benzene rings is 1. The highest BCUT2D eigenvalue weighted by Crippen LogP contribution is 2.37. The van der Waals surface area contributed by atoms with Crippen LogP contribution in [0.5, 0.6) is 0 Å². The molecule has 0 aliphatic rings. The van der Waals surface area contributed by atoms with E-state index >= 15 is 0 Å². The zero-order chi connectivity index (χ0) is 18.1. The van der Waals surface area contributed by atoms with Crippen LogP contribution in [-0.2, 0) is 11.0 Å². The third-order valence-corrected chi connectivity index (χ3v) is 9.39. The zero-order valence-electron chi connectivity index (χ0n) is 14.8. The molecule has 3 nitrogen and oxygen atoms in total. The number of hydrogen-bond acceptors (Lipinski definition) is 3. The summed E-state index contributed by atoms with van der Waals surface area (Å²) in [5.74, 6) is -0.489. The number of nitrogens with two attached hydrogens (primary N) is 1. The lowest BCUT2D eigenvalue weighted by Gasteiger charge is -2.36. The van der Waals surface area contributed by atoms with E-state index in [2.05, 4.69) is 38.8 Å². The molecule has 0 bridgehead atoms. The Morgan fingerprint density at radius 1 is 1.21 bits per heavy atom. The predicted octanol–water partition coefficient (Wildman–Crippen LogP) is 5.65. The lowest BCUT2D eigenvalue weighted by atomic mass is 10.1. The van der Waals surface area contributed by atoms with E-state index in [0.717, 1.165) is 11.1 Å². The number of hydrogen-bond donors (Lipinski definition) is 1. The molecule has 0 atom stereocenters. The van der Waals surface area contributed by atoms with E-state index < -0.39 is 14.1 Å². The van der Waals surface area contributed by atoms with Crippen LogP contribution >= 0.6 is 11.6 Å². The van der Waals surface area contributed by atoms with E-state index in [1.54, 1.807) is 12.4 Å². The van der Waals surface area contributed by atoms with Gasteiger partial charge in [0.2, 0.25) is 0 Å². The number of halogens is 2. The van der Waals surface area contributed by atoms with Crippen molar-refractivity contribution in [2.75, 3.05) is 5.73 Å². The minimum atomic E-state index is -1.84. The fraction of sp³-hybridized carbons (Fsp3) is 0.389. The molecule has 0 unspecified atom stereocenters. The Morgan fingerprint density at radius 2 is 1.88 bits per heavy atom. The topological polar surface area (TPSA) is 48.1 Å². The van der Waals surface area contributed by atoms with Crippen molar-refractivity contribution in [2.24, 2.45) is 0 Å². The van der Waals surface area contributed by atoms with Crippen molar-refractivity contribution in [3.05, 3.63) is 47.0 Å². The first kappa shape index (κ1) is 18.9. The van der Waals surface area contributed by atoms with Gasteiger partial charge in [0.1, 0.15) is 5.82 Å². The van der Waals surface area contributed by atoms with E-state index in [1.165, 1.54) is 12.1 Å². The molecule has 0 aliphatic carbocycles. The van der Waals surface area contributed by atoms with Crippen LogP contribution in [0.4, 0.5) is 10.1 Å². The highest BCUT2D eigenvalue weighted by atomic mass is 35.5. The molecule has 2 aromatic rings. The van der Waals surface area contributed by atoms with Gasteiger partial charge in [-0.25, -0.2) is 4.39 Å². The SMILES string of the molecule is CC(C)(C)[Si](C)(C)OCc1cncc(-c2cc(F)c(N)cc2Cl)c1. The number of nitrogen functional groups attached to an aromatic ring is 1. The average Bonchev–Trinajstić information content (AvgIpc) is 2.48. The molecule has 0 amide bonds. The molecule has 2 rings (SSSR count). The summed E-state index contributed by atoms with van der Waals surface area (Å²) in [5.41, 5.74) is 7.84. The Bertz CT molecular complexity index is 744. The van der Waals surface area contributed by atoms with E-state index in [9.17, 15) is 4.39 Å². The van der Waals surface area contributed by atoms with Gasteiger partial charge in [0.15, 0.2) is 8.32 Å². The number of aromatic nitrogens is 1. The van der Waals surface area contributed by atoms with Crippen LogP contribution < -0.4 is 5.73 Å². The largest absolute Gasteiger partial charge is 0.413 e. The minimum absolute atomic E-state index is 0.0362. The summed E-state index contributed by atoms with van der Waals surface area (Å²) in [5, 5.41) is 0.541. The van der Waals surface area contributed by atoms with Gasteiger partial charge >= 0.3 is 0 Å². The van der Waals surface area contributed by atoms with Gasteiger partial charge in [0.25, 0.3) is 0 Å². The first-order valence-corrected chi connectivity index (χ1v) is 11.1. The van der Waals surface area contributed by atoms with Crippen molar-refractivity contribution >= 4 is 25.6 Å². The fourth-order valence-electron chi connectivity index (χ4n) is 1.98. The summed E-state index contributed by atoms with van der Waals surface area (Å²) in [7, 11) is -1.84. The van der Waals surface area contributed by atoms with Gasteiger partial charge in [-0.2, -0.15) is 0 Å². The van der Waals surface area contributed by atoms with E-state index in [-0.39, 0.29) is 10.7 Å². The van der Waals surface area contributed by atoms with Crippen molar-refractivity contribution < 1.29 is 8.82 Å². The van der Waals surface area contributed by atoms with Gasteiger partial charge in [0.05, 0.1) is 17.3 Å². The van der Waals surface area contributed by atoms with Crippen LogP contribution in [0.25, 0.3) is 11.1 Å². The number of pyridine rings is 1. The van der Waals surface area contributed by atoms with Crippen molar-refractivity contribution in [1.29, 1.82) is 0 Å². The van der Waals surface area contributed by atoms with Gasteiger partial charge in [-0.3, -0.25) is 4.98 Å². The van der Waals surface area contributed by atoms with Gasteiger partial charge in [-0.15, -0.1) is 0 Å². The summed E-state index contributed by atoms with van der Waals surface area (Å²) < 4.78 is 20.0. The summed E-state index contributed by atoms with van der Waals surface area (Å²) >= 11 is 6.20. The van der Waals surface area contributed by atoms with Gasteiger partial charge < -0.3 is 10.2 Å². The van der Waals surface area contributed by atoms with E-state index in [1.807, 2.05) is 6.07 Å². The Balaban J connectivity index is 2.26. The Morgan fingerprint density at radius 3 is 2.50 bits per heavy atom. The second-order valence-corrected chi connectivity index (χ2v) is 12.7. The quantitative estimate of drug-likeness (QED) is 0.562. The van der Waals surface area contributed by atoms with Crippen molar-refractivity contribution in [1.82, 2.24) is 4.98 Å². The molecule has 0 spiro atoms. The monoisotopic (exact) mass is 366 g/mol. The van der Waals surface area contributed by atoms with E-state index in [4.69, 9.17) is 21.8 Å². The summed E-state index contributed by atoms with van der Waals surface area (Å²) in [6.07, 6.45) is 3.42. The van der Waals surface area contributed by atoms with Crippen LogP contribution in [0.2, 0.25) is 23.2 Å². The molecule has 0 radical (unpaired) electrons. The molecular formula is C18H24ClFN2OSi. The third-order valence-electron chi connectivity index (χ3n) is 4.60. The second-order valence-electron chi connectivity index (χ2n) is 7.48. The lowest BCUT2D eigenvalue weighted by molar-refractivity contribution is 0.276. The molecule has 0 aliphatic heterocycles. The van der Waals surface area contributed by atoms with Crippen LogP contribution in [0.3, 0.4) is 0 Å². The highest BCUT2D eigenvalue weighted by Gasteiger charge is 2.37. The Hall–Kier alpha value is -1.43. The van der Waals surface area contributed by atoms with Crippen molar-refractivity contribution in [2.45, 2.75) is 45.5 Å². The summed E-state index contributed by atoms with van der Waals surface area (Å²) in [6, 6.07) is 4.69. The molecule has 130 valence electrons. The van der Waals surface area contributed by atoms with Crippen molar-refractivity contribution in [3.63, 3.8) is 0 Å². The number of anilines is 1. The van der Waals surface area contributed by atoms with Crippen molar-refractivity contribution in [3.8, 4) is 11.1 Å². The molecule has 0 saturated heterocycles. The van der Waals surface area contributed by atoms with E-state index in [0.29, 0.717) is 17.2 Å². The van der Waals surface area contributed by atoms with Crippen LogP contribution in [-0.4, -0.2) is 13.3 Å². The maximum atomic E-state index is 13.8. The maximum Gasteiger partial charge on any atom is 0.192 e. The number of nitrogens with zero attached hydrogens (tertiary/aromatic N) is 1. The predicted molar refractivity (Wildman–Crippen MR) is 101 cm³/mol. The normalized spacial score (nSPS) is 12.5. The number of rotatable bonds is 4. The maximum absolute atomic E-state index is 13.8. The second kappa shape index (κ2) is 6.82. The highest BCUT2D eigenvalue weighted by molar-refractivity contribution is 6.74. The standard InChI is InChI=1S/C18H24ClFN2OSi/c1-18(2,3)24(4,5)23-11-12-6-13(10-22-9-12)14-7-16(20)17(21)8-15(14)19/h6-10H,11,21H2,1-5H3. The van der Waals surface area contributed by atoms with Crippen LogP contribution in [0.15, 0.2) is 30.6 Å². The molecular weight excluding hydrogens is 343 g/mol. The average molecular weight is 367 g/mol. The smallest absolute Gasteiger partial charge is 0.192 e. The molecule has 2 N–H and O–H groups in total. The first-order chi connectivity index (χ1) is 11.0. The lowest BCUT2D eigenvalue weighted by Crippen LogP contribution is -2.40. The third kappa shape index (κ3) is 4.15. The first-order valence-electron chi connectivity index (χ1n) is 7.84.